The Morgan fingerprint density at radius 1 is 1.04 bits per heavy atom. The van der Waals surface area contributed by atoms with Gasteiger partial charge in [0.05, 0.1) is 12.7 Å². The molecule has 0 spiro atoms. The van der Waals surface area contributed by atoms with Crippen LogP contribution in [-0.4, -0.2) is 14.3 Å². The Balaban J connectivity index is 1.75. The first-order chi connectivity index (χ1) is 12.2. The molecule has 0 atom stereocenters. The zero-order chi connectivity index (χ0) is 17.2. The molecule has 0 N–H and O–H groups in total. The number of hydrogen-bond acceptors (Lipinski definition) is 3. The maximum atomic E-state index is 12.1. The van der Waals surface area contributed by atoms with E-state index in [1.165, 1.54) is 5.56 Å². The van der Waals surface area contributed by atoms with E-state index in [1.807, 2.05) is 52.9 Å². The van der Waals surface area contributed by atoms with Gasteiger partial charge in [0.2, 0.25) is 0 Å². The van der Waals surface area contributed by atoms with Crippen molar-refractivity contribution in [3.63, 3.8) is 0 Å². The van der Waals surface area contributed by atoms with E-state index in [9.17, 15) is 4.79 Å². The van der Waals surface area contributed by atoms with Crippen molar-refractivity contribution in [2.45, 2.75) is 6.54 Å². The van der Waals surface area contributed by atoms with Crippen LogP contribution in [0.4, 0.5) is 0 Å². The van der Waals surface area contributed by atoms with E-state index in [2.05, 4.69) is 22.6 Å². The summed E-state index contributed by atoms with van der Waals surface area (Å²) >= 11 is 1.63. The molecule has 25 heavy (non-hydrogen) atoms. The van der Waals surface area contributed by atoms with Crippen LogP contribution >= 0.6 is 11.3 Å². The van der Waals surface area contributed by atoms with Gasteiger partial charge in [-0.05, 0) is 33.5 Å². The molecule has 0 radical (unpaired) electrons. The van der Waals surface area contributed by atoms with Gasteiger partial charge in [-0.15, -0.1) is 0 Å². The van der Waals surface area contributed by atoms with Crippen molar-refractivity contribution in [1.82, 2.24) is 14.3 Å². The third-order valence-corrected chi connectivity index (χ3v) is 4.88. The third-order valence-electron chi connectivity index (χ3n) is 4.19. The predicted octanol–water partition coefficient (Wildman–Crippen LogP) is 4.03. The van der Waals surface area contributed by atoms with Crippen molar-refractivity contribution < 1.29 is 0 Å². The van der Waals surface area contributed by atoms with Crippen molar-refractivity contribution >= 4 is 11.3 Å². The predicted molar refractivity (Wildman–Crippen MR) is 102 cm³/mol. The number of nitrogens with zero attached hydrogens (tertiary/aromatic N) is 3. The SMILES string of the molecule is Cn1cc(-c2cnn(Cc3ccccc3)c2)c(-c2ccsc2)cc1=O. The molecule has 4 aromatic rings. The lowest BCUT2D eigenvalue weighted by Crippen LogP contribution is -2.15. The molecule has 3 aromatic heterocycles. The number of benzene rings is 1. The smallest absolute Gasteiger partial charge is 0.250 e. The second-order valence-electron chi connectivity index (χ2n) is 5.97. The van der Waals surface area contributed by atoms with Crippen LogP contribution in [0.25, 0.3) is 22.3 Å². The van der Waals surface area contributed by atoms with E-state index >= 15 is 0 Å². The number of rotatable bonds is 4. The fraction of sp³-hybridized carbons (Fsp3) is 0.100. The maximum absolute atomic E-state index is 12.1. The second-order valence-corrected chi connectivity index (χ2v) is 6.75. The van der Waals surface area contributed by atoms with Gasteiger partial charge in [0.1, 0.15) is 0 Å². The highest BCUT2D eigenvalue weighted by Gasteiger charge is 2.12. The first kappa shape index (κ1) is 15.6. The summed E-state index contributed by atoms with van der Waals surface area (Å²) in [5, 5.41) is 8.58. The van der Waals surface area contributed by atoms with Gasteiger partial charge < -0.3 is 4.57 Å². The highest BCUT2D eigenvalue weighted by atomic mass is 32.1. The Labute approximate surface area is 149 Å². The number of aromatic nitrogens is 3. The largest absolute Gasteiger partial charge is 0.318 e. The van der Waals surface area contributed by atoms with Gasteiger partial charge in [0.15, 0.2) is 0 Å². The van der Waals surface area contributed by atoms with Gasteiger partial charge in [-0.25, -0.2) is 0 Å². The van der Waals surface area contributed by atoms with Crippen LogP contribution in [-0.2, 0) is 13.6 Å². The van der Waals surface area contributed by atoms with Crippen LogP contribution in [0.5, 0.6) is 0 Å². The standard InChI is InChI=1S/C20H17N3OS/c1-22-13-19(18(9-20(22)24)16-7-8-25-14-16)17-10-21-23(12-17)11-15-5-3-2-4-6-15/h2-10,12-14H,11H2,1H3. The quantitative estimate of drug-likeness (QED) is 0.559. The molecule has 0 amide bonds. The van der Waals surface area contributed by atoms with E-state index in [0.29, 0.717) is 0 Å². The molecule has 3 heterocycles. The Morgan fingerprint density at radius 2 is 1.88 bits per heavy atom. The molecule has 124 valence electrons. The molecule has 1 aromatic carbocycles. The van der Waals surface area contributed by atoms with Crippen molar-refractivity contribution in [2.24, 2.45) is 7.05 Å². The van der Waals surface area contributed by atoms with E-state index in [4.69, 9.17) is 0 Å². The molecule has 4 rings (SSSR count). The van der Waals surface area contributed by atoms with Gasteiger partial charge >= 0.3 is 0 Å². The molecule has 0 bridgehead atoms. The van der Waals surface area contributed by atoms with E-state index < -0.39 is 0 Å². The fourth-order valence-corrected chi connectivity index (χ4v) is 3.53. The number of aryl methyl sites for hydroxylation is 1. The van der Waals surface area contributed by atoms with E-state index in [-0.39, 0.29) is 5.56 Å². The van der Waals surface area contributed by atoms with Gasteiger partial charge in [0.25, 0.3) is 5.56 Å². The summed E-state index contributed by atoms with van der Waals surface area (Å²) in [5.74, 6) is 0. The summed E-state index contributed by atoms with van der Waals surface area (Å²) < 4.78 is 3.53. The first-order valence-electron chi connectivity index (χ1n) is 8.01. The van der Waals surface area contributed by atoms with E-state index in [1.54, 1.807) is 29.0 Å². The monoisotopic (exact) mass is 347 g/mol. The maximum Gasteiger partial charge on any atom is 0.250 e. The van der Waals surface area contributed by atoms with Crippen molar-refractivity contribution in [3.8, 4) is 22.3 Å². The van der Waals surface area contributed by atoms with Crippen LogP contribution in [0.2, 0.25) is 0 Å². The Hall–Kier alpha value is -2.92. The highest BCUT2D eigenvalue weighted by molar-refractivity contribution is 7.08. The second kappa shape index (κ2) is 6.53. The zero-order valence-corrected chi connectivity index (χ0v) is 14.6. The molecule has 0 saturated heterocycles. The minimum Gasteiger partial charge on any atom is -0.318 e. The summed E-state index contributed by atoms with van der Waals surface area (Å²) in [7, 11) is 1.78. The van der Waals surface area contributed by atoms with Crippen LogP contribution < -0.4 is 5.56 Å². The van der Waals surface area contributed by atoms with Crippen molar-refractivity contribution in [1.29, 1.82) is 0 Å². The highest BCUT2D eigenvalue weighted by Crippen LogP contribution is 2.31. The summed E-state index contributed by atoms with van der Waals surface area (Å²) in [6, 6.07) is 14.0. The summed E-state index contributed by atoms with van der Waals surface area (Å²) in [5.41, 5.74) is 5.22. The topological polar surface area (TPSA) is 39.8 Å². The number of pyridine rings is 1. The summed E-state index contributed by atoms with van der Waals surface area (Å²) in [6.07, 6.45) is 5.78. The Kier molecular flexibility index (Phi) is 4.07. The molecule has 0 aliphatic heterocycles. The van der Waals surface area contributed by atoms with Gasteiger partial charge in [-0.1, -0.05) is 30.3 Å². The molecule has 0 saturated carbocycles. The van der Waals surface area contributed by atoms with Crippen LogP contribution in [0, 0.1) is 0 Å². The molecular weight excluding hydrogens is 330 g/mol. The minimum atomic E-state index is -0.0124. The van der Waals surface area contributed by atoms with Gasteiger partial charge in [0, 0.05) is 36.6 Å². The zero-order valence-electron chi connectivity index (χ0n) is 13.8. The van der Waals surface area contributed by atoms with Gasteiger partial charge in [-0.2, -0.15) is 16.4 Å². The Morgan fingerprint density at radius 3 is 2.64 bits per heavy atom. The third kappa shape index (κ3) is 3.19. The Bertz CT molecular complexity index is 1050. The van der Waals surface area contributed by atoms with E-state index in [0.717, 1.165) is 28.8 Å². The fourth-order valence-electron chi connectivity index (χ4n) is 2.88. The molecule has 4 nitrogen and oxygen atoms in total. The summed E-state index contributed by atoms with van der Waals surface area (Å²) in [4.78, 5) is 12.1. The molecule has 0 fully saturated rings. The van der Waals surface area contributed by atoms with Crippen LogP contribution in [0.15, 0.2) is 76.6 Å². The number of thiophene rings is 1. The minimum absolute atomic E-state index is 0.0124. The van der Waals surface area contributed by atoms with Crippen molar-refractivity contribution in [2.75, 3.05) is 0 Å². The van der Waals surface area contributed by atoms with Crippen LogP contribution in [0.3, 0.4) is 0 Å². The number of hydrogen-bond donors (Lipinski definition) is 0. The average molecular weight is 347 g/mol. The molecule has 5 heteroatoms. The molecule has 0 unspecified atom stereocenters. The lowest BCUT2D eigenvalue weighted by Gasteiger charge is -2.08. The lowest BCUT2D eigenvalue weighted by atomic mass is 10.0. The lowest BCUT2D eigenvalue weighted by molar-refractivity contribution is 0.687. The van der Waals surface area contributed by atoms with Crippen molar-refractivity contribution in [3.05, 3.63) is 87.7 Å². The van der Waals surface area contributed by atoms with Crippen LogP contribution in [0.1, 0.15) is 5.56 Å². The average Bonchev–Trinajstić information content (AvgIpc) is 3.30. The molecule has 0 aliphatic carbocycles. The molecular formula is C20H17N3OS. The summed E-state index contributed by atoms with van der Waals surface area (Å²) in [6.45, 7) is 0.723. The first-order valence-corrected chi connectivity index (χ1v) is 8.95. The molecule has 0 aliphatic rings. The normalized spacial score (nSPS) is 10.9. The van der Waals surface area contributed by atoms with Gasteiger partial charge in [-0.3, -0.25) is 9.48 Å².